The fourth-order valence-corrected chi connectivity index (χ4v) is 1.71. The maximum Gasteiger partial charge on any atom is 0.168 e. The Bertz CT molecular complexity index is 466. The minimum Gasteiger partial charge on any atom is -0.497 e. The lowest BCUT2D eigenvalue weighted by molar-refractivity contribution is 0.232. The fourth-order valence-electron chi connectivity index (χ4n) is 1.71. The lowest BCUT2D eigenvalue weighted by Crippen LogP contribution is -2.28. The second kappa shape index (κ2) is 5.01. The van der Waals surface area contributed by atoms with E-state index in [4.69, 9.17) is 4.74 Å². The van der Waals surface area contributed by atoms with E-state index in [1.165, 1.54) is 0 Å². The second-order valence-electron chi connectivity index (χ2n) is 3.78. The first kappa shape index (κ1) is 11.7. The van der Waals surface area contributed by atoms with Crippen molar-refractivity contribution in [2.45, 2.75) is 19.6 Å². The van der Waals surface area contributed by atoms with Crippen molar-refractivity contribution in [1.29, 1.82) is 0 Å². The van der Waals surface area contributed by atoms with Crippen LogP contribution in [0.15, 0.2) is 35.3 Å². The maximum absolute atomic E-state index is 9.63. The van der Waals surface area contributed by atoms with Gasteiger partial charge in [0.15, 0.2) is 6.23 Å². The van der Waals surface area contributed by atoms with Crippen LogP contribution in [0.4, 0.5) is 0 Å². The molecule has 1 unspecified atom stereocenters. The van der Waals surface area contributed by atoms with Crippen molar-refractivity contribution in [3.63, 3.8) is 0 Å². The predicted octanol–water partition coefficient (Wildman–Crippen LogP) is 1.77. The molecule has 0 aromatic heterocycles. The number of aliphatic imine (C=N–C) groups is 1. The molecular formula is C13H16N2O2. The first-order chi connectivity index (χ1) is 8.22. The van der Waals surface area contributed by atoms with E-state index in [1.807, 2.05) is 31.2 Å². The van der Waals surface area contributed by atoms with Crippen molar-refractivity contribution < 1.29 is 9.84 Å². The molecule has 0 bridgehead atoms. The zero-order valence-corrected chi connectivity index (χ0v) is 9.97. The minimum absolute atomic E-state index is 0.762. The summed E-state index contributed by atoms with van der Waals surface area (Å²) in [5, 5.41) is 12.8. The molecule has 2 rings (SSSR count). The average molecular weight is 232 g/mol. The number of hydrogen-bond acceptors (Lipinski definition) is 4. The standard InChI is InChI=1S/C13H16N2O2/c1-3-12-14-11(8-13(16)15-12)9-5-4-6-10(7-9)17-2/h4-8,13,16H,3H2,1-2H3,(H,14,15). The first-order valence-corrected chi connectivity index (χ1v) is 5.61. The zero-order valence-electron chi connectivity index (χ0n) is 9.97. The first-order valence-electron chi connectivity index (χ1n) is 5.61. The van der Waals surface area contributed by atoms with Crippen LogP contribution in [-0.4, -0.2) is 24.3 Å². The molecule has 1 aromatic rings. The number of hydrogen-bond donors (Lipinski definition) is 2. The molecule has 2 N–H and O–H groups in total. The molecule has 0 aliphatic carbocycles. The number of nitrogens with one attached hydrogen (secondary N) is 1. The molecular weight excluding hydrogens is 216 g/mol. The number of nitrogens with zero attached hydrogens (tertiary/aromatic N) is 1. The quantitative estimate of drug-likeness (QED) is 0.835. The van der Waals surface area contributed by atoms with E-state index in [0.717, 1.165) is 29.3 Å². The molecule has 4 nitrogen and oxygen atoms in total. The van der Waals surface area contributed by atoms with Gasteiger partial charge in [-0.1, -0.05) is 19.1 Å². The molecule has 1 heterocycles. The predicted molar refractivity (Wildman–Crippen MR) is 67.8 cm³/mol. The van der Waals surface area contributed by atoms with Gasteiger partial charge in [0.2, 0.25) is 0 Å². The smallest absolute Gasteiger partial charge is 0.168 e. The summed E-state index contributed by atoms with van der Waals surface area (Å²) in [6.07, 6.45) is 1.68. The van der Waals surface area contributed by atoms with Gasteiger partial charge in [-0.3, -0.25) is 0 Å². The molecule has 17 heavy (non-hydrogen) atoms. The summed E-state index contributed by atoms with van der Waals surface area (Å²) in [6, 6.07) is 7.69. The highest BCUT2D eigenvalue weighted by Crippen LogP contribution is 2.20. The Morgan fingerprint density at radius 2 is 2.29 bits per heavy atom. The summed E-state index contributed by atoms with van der Waals surface area (Å²) in [4.78, 5) is 4.07. The van der Waals surface area contributed by atoms with Crippen LogP contribution in [0, 0.1) is 0 Å². The van der Waals surface area contributed by atoms with Gasteiger partial charge in [0, 0.05) is 17.7 Å². The van der Waals surface area contributed by atoms with E-state index in [9.17, 15) is 5.11 Å². The van der Waals surface area contributed by atoms with Gasteiger partial charge in [-0.25, -0.2) is 4.99 Å². The van der Waals surface area contributed by atoms with Gasteiger partial charge in [-0.15, -0.1) is 0 Å². The molecule has 4 heteroatoms. The summed E-state index contributed by atoms with van der Waals surface area (Å²) in [5.41, 5.74) is 1.84. The fraction of sp³-hybridized carbons (Fsp3) is 0.308. The van der Waals surface area contributed by atoms with Gasteiger partial charge in [-0.05, 0) is 18.2 Å². The highest BCUT2D eigenvalue weighted by molar-refractivity contribution is 5.92. The van der Waals surface area contributed by atoms with E-state index in [2.05, 4.69) is 10.3 Å². The van der Waals surface area contributed by atoms with Crippen LogP contribution >= 0.6 is 0 Å². The number of aliphatic hydroxyl groups is 1. The van der Waals surface area contributed by atoms with Crippen LogP contribution in [0.25, 0.3) is 5.70 Å². The molecule has 0 spiro atoms. The summed E-state index contributed by atoms with van der Waals surface area (Å²) in [7, 11) is 1.63. The van der Waals surface area contributed by atoms with Crippen LogP contribution in [0.5, 0.6) is 5.75 Å². The molecule has 1 aliphatic rings. The SMILES string of the molecule is CCC1=NC(O)C=C(c2cccc(OC)c2)N1. The second-order valence-corrected chi connectivity index (χ2v) is 3.78. The highest BCUT2D eigenvalue weighted by atomic mass is 16.5. The van der Waals surface area contributed by atoms with Crippen LogP contribution in [0.2, 0.25) is 0 Å². The van der Waals surface area contributed by atoms with Crippen molar-refractivity contribution >= 4 is 11.5 Å². The van der Waals surface area contributed by atoms with Crippen molar-refractivity contribution in [1.82, 2.24) is 5.32 Å². The molecule has 1 aromatic carbocycles. The molecule has 1 aliphatic heterocycles. The van der Waals surface area contributed by atoms with Crippen molar-refractivity contribution in [2.75, 3.05) is 7.11 Å². The Balaban J connectivity index is 2.28. The molecule has 90 valence electrons. The third-order valence-electron chi connectivity index (χ3n) is 2.60. The van der Waals surface area contributed by atoms with E-state index < -0.39 is 6.23 Å². The lowest BCUT2D eigenvalue weighted by atomic mass is 10.1. The lowest BCUT2D eigenvalue weighted by Gasteiger charge is -2.19. The van der Waals surface area contributed by atoms with Crippen molar-refractivity contribution in [3.05, 3.63) is 35.9 Å². The molecule has 0 saturated carbocycles. The Morgan fingerprint density at radius 1 is 1.47 bits per heavy atom. The number of amidine groups is 1. The van der Waals surface area contributed by atoms with Gasteiger partial charge < -0.3 is 15.2 Å². The van der Waals surface area contributed by atoms with Crippen LogP contribution in [-0.2, 0) is 0 Å². The van der Waals surface area contributed by atoms with E-state index in [0.29, 0.717) is 0 Å². The van der Waals surface area contributed by atoms with E-state index in [-0.39, 0.29) is 0 Å². The van der Waals surface area contributed by atoms with Gasteiger partial charge >= 0.3 is 0 Å². The number of ether oxygens (including phenoxy) is 1. The summed E-state index contributed by atoms with van der Waals surface area (Å²) in [5.74, 6) is 1.58. The van der Waals surface area contributed by atoms with Crippen molar-refractivity contribution in [2.24, 2.45) is 4.99 Å². The van der Waals surface area contributed by atoms with Crippen LogP contribution in [0.1, 0.15) is 18.9 Å². The van der Waals surface area contributed by atoms with Gasteiger partial charge in [0.05, 0.1) is 7.11 Å². The third kappa shape index (κ3) is 2.65. The monoisotopic (exact) mass is 232 g/mol. The Kier molecular flexibility index (Phi) is 3.44. The maximum atomic E-state index is 9.63. The van der Waals surface area contributed by atoms with E-state index in [1.54, 1.807) is 13.2 Å². The summed E-state index contributed by atoms with van der Waals surface area (Å²) in [6.45, 7) is 1.99. The van der Waals surface area contributed by atoms with Crippen LogP contribution < -0.4 is 10.1 Å². The molecule has 0 saturated heterocycles. The minimum atomic E-state index is -0.771. The molecule has 1 atom stereocenters. The number of benzene rings is 1. The highest BCUT2D eigenvalue weighted by Gasteiger charge is 2.13. The van der Waals surface area contributed by atoms with Crippen LogP contribution in [0.3, 0.4) is 0 Å². The number of methoxy groups -OCH3 is 1. The Morgan fingerprint density at radius 3 is 3.00 bits per heavy atom. The normalized spacial score (nSPS) is 19.1. The summed E-state index contributed by atoms with van der Waals surface area (Å²) < 4.78 is 5.18. The third-order valence-corrected chi connectivity index (χ3v) is 2.60. The number of aliphatic hydroxyl groups excluding tert-OH is 1. The summed E-state index contributed by atoms with van der Waals surface area (Å²) >= 11 is 0. The zero-order chi connectivity index (χ0) is 12.3. The van der Waals surface area contributed by atoms with E-state index >= 15 is 0 Å². The largest absolute Gasteiger partial charge is 0.497 e. The van der Waals surface area contributed by atoms with Gasteiger partial charge in [0.1, 0.15) is 11.6 Å². The van der Waals surface area contributed by atoms with Gasteiger partial charge in [0.25, 0.3) is 0 Å². The molecule has 0 radical (unpaired) electrons. The Labute approximate surface area is 101 Å². The molecule has 0 fully saturated rings. The average Bonchev–Trinajstić information content (AvgIpc) is 2.38. The van der Waals surface area contributed by atoms with Crippen molar-refractivity contribution in [3.8, 4) is 5.75 Å². The topological polar surface area (TPSA) is 53.9 Å². The van der Waals surface area contributed by atoms with Gasteiger partial charge in [-0.2, -0.15) is 0 Å². The Hall–Kier alpha value is -1.81. The molecule has 0 amide bonds. The number of rotatable bonds is 3.